The molecular formula is C40H41N3O3S. The number of aromatic nitrogens is 1. The van der Waals surface area contributed by atoms with Crippen LogP contribution in [-0.2, 0) is 16.7 Å². The number of benzene rings is 4. The zero-order valence-electron chi connectivity index (χ0n) is 27.4. The lowest BCUT2D eigenvalue weighted by atomic mass is 9.85. The van der Waals surface area contributed by atoms with Crippen molar-refractivity contribution < 1.29 is 17.5 Å². The van der Waals surface area contributed by atoms with Gasteiger partial charge < -0.3 is 14.4 Å². The van der Waals surface area contributed by atoms with Gasteiger partial charge in [0.2, 0.25) is 0 Å². The highest BCUT2D eigenvalue weighted by molar-refractivity contribution is 7.85. The Labute approximate surface area is 279 Å². The summed E-state index contributed by atoms with van der Waals surface area (Å²) in [5.41, 5.74) is 11.3. The number of hydrogen-bond donors (Lipinski definition) is 0. The Morgan fingerprint density at radius 1 is 0.596 bits per heavy atom. The maximum Gasteiger partial charge on any atom is 0.169 e. The van der Waals surface area contributed by atoms with Crippen LogP contribution in [0.2, 0.25) is 0 Å². The van der Waals surface area contributed by atoms with Crippen molar-refractivity contribution in [1.29, 1.82) is 0 Å². The van der Waals surface area contributed by atoms with Crippen molar-refractivity contribution in [3.05, 3.63) is 161 Å². The van der Waals surface area contributed by atoms with Crippen molar-refractivity contribution in [2.45, 2.75) is 13.0 Å². The Morgan fingerprint density at radius 3 is 1.43 bits per heavy atom. The van der Waals surface area contributed by atoms with E-state index in [1.165, 1.54) is 5.57 Å². The van der Waals surface area contributed by atoms with Crippen LogP contribution in [0.4, 0.5) is 11.4 Å². The minimum Gasteiger partial charge on any atom is -0.748 e. The second-order valence-electron chi connectivity index (χ2n) is 11.9. The molecule has 0 bridgehead atoms. The topological polar surface area (TPSA) is 67.6 Å². The predicted octanol–water partition coefficient (Wildman–Crippen LogP) is 7.22. The fraction of sp³-hybridized carbons (Fsp3) is 0.175. The van der Waals surface area contributed by atoms with Gasteiger partial charge in [0, 0.05) is 63.9 Å². The summed E-state index contributed by atoms with van der Waals surface area (Å²) >= 11 is 0. The third-order valence-electron chi connectivity index (χ3n) is 8.05. The molecule has 6 nitrogen and oxygen atoms in total. The van der Waals surface area contributed by atoms with Gasteiger partial charge in [-0.25, -0.2) is 13.0 Å². The van der Waals surface area contributed by atoms with Crippen molar-refractivity contribution in [3.63, 3.8) is 0 Å². The van der Waals surface area contributed by atoms with Crippen molar-refractivity contribution in [2.75, 3.05) is 43.7 Å². The third kappa shape index (κ3) is 9.06. The van der Waals surface area contributed by atoms with Crippen molar-refractivity contribution in [1.82, 2.24) is 0 Å². The van der Waals surface area contributed by atoms with Crippen molar-refractivity contribution in [3.8, 4) is 0 Å². The van der Waals surface area contributed by atoms with Crippen LogP contribution in [0.5, 0.6) is 0 Å². The van der Waals surface area contributed by atoms with Crippen LogP contribution in [0.3, 0.4) is 0 Å². The van der Waals surface area contributed by atoms with E-state index in [-0.39, 0.29) is 5.75 Å². The largest absolute Gasteiger partial charge is 0.748 e. The van der Waals surface area contributed by atoms with Gasteiger partial charge in [-0.2, -0.15) is 0 Å². The number of hydrogen-bond acceptors (Lipinski definition) is 5. The normalized spacial score (nSPS) is 11.4. The smallest absolute Gasteiger partial charge is 0.169 e. The molecule has 0 spiro atoms. The molecule has 0 aliphatic rings. The second-order valence-corrected chi connectivity index (χ2v) is 13.5. The molecule has 0 saturated heterocycles. The minimum absolute atomic E-state index is 0.294. The lowest BCUT2D eigenvalue weighted by Crippen LogP contribution is -2.33. The van der Waals surface area contributed by atoms with E-state index in [0.29, 0.717) is 13.0 Å². The molecule has 1 aromatic heterocycles. The number of anilines is 2. The van der Waals surface area contributed by atoms with Gasteiger partial charge in [0.25, 0.3) is 0 Å². The van der Waals surface area contributed by atoms with Crippen LogP contribution >= 0.6 is 0 Å². The van der Waals surface area contributed by atoms with E-state index in [1.54, 1.807) is 0 Å². The first-order valence-corrected chi connectivity index (χ1v) is 17.2. The molecule has 240 valence electrons. The molecule has 7 heteroatoms. The van der Waals surface area contributed by atoms with Gasteiger partial charge in [0.1, 0.15) is 6.54 Å². The third-order valence-corrected chi connectivity index (χ3v) is 8.84. The molecule has 0 saturated carbocycles. The first-order valence-electron chi connectivity index (χ1n) is 15.6. The minimum atomic E-state index is -4.19. The summed E-state index contributed by atoms with van der Waals surface area (Å²) in [5.74, 6) is -0.355. The van der Waals surface area contributed by atoms with Crippen LogP contribution in [-0.4, -0.2) is 46.9 Å². The van der Waals surface area contributed by atoms with Crippen LogP contribution < -0.4 is 14.4 Å². The first-order chi connectivity index (χ1) is 22.6. The average Bonchev–Trinajstić information content (AvgIpc) is 3.07. The molecule has 0 aliphatic carbocycles. The van der Waals surface area contributed by atoms with E-state index in [1.807, 2.05) is 29.1 Å². The molecule has 0 atom stereocenters. The monoisotopic (exact) mass is 643 g/mol. The van der Waals surface area contributed by atoms with Gasteiger partial charge in [-0.05, 0) is 68.8 Å². The van der Waals surface area contributed by atoms with Gasteiger partial charge in [0.05, 0.1) is 10.1 Å². The van der Waals surface area contributed by atoms with E-state index < -0.39 is 10.1 Å². The highest BCUT2D eigenvalue weighted by Gasteiger charge is 2.17. The van der Waals surface area contributed by atoms with Gasteiger partial charge >= 0.3 is 0 Å². The lowest BCUT2D eigenvalue weighted by molar-refractivity contribution is -0.696. The fourth-order valence-electron chi connectivity index (χ4n) is 5.47. The van der Waals surface area contributed by atoms with Gasteiger partial charge in [-0.1, -0.05) is 91.0 Å². The first kappa shape index (κ1) is 33.4. The molecule has 0 fully saturated rings. The molecule has 5 rings (SSSR count). The van der Waals surface area contributed by atoms with Gasteiger partial charge in [-0.15, -0.1) is 0 Å². The van der Waals surface area contributed by atoms with E-state index in [9.17, 15) is 13.0 Å². The number of aryl methyl sites for hydroxylation is 1. The Balaban J connectivity index is 1.51. The Kier molecular flexibility index (Phi) is 10.7. The molecular weight excluding hydrogens is 603 g/mol. The lowest BCUT2D eigenvalue weighted by Gasteiger charge is -2.20. The molecule has 0 unspecified atom stereocenters. The Morgan fingerprint density at radius 2 is 1.00 bits per heavy atom. The highest BCUT2D eigenvalue weighted by Crippen LogP contribution is 2.38. The quantitative estimate of drug-likeness (QED) is 0.0816. The Hall–Kier alpha value is -4.98. The SMILES string of the molecule is CN(C)c1ccc(C(=C(c2ccccc2)c2ccc(C=Cc3cc[n+](CCCS(=O)(=O)[O-])cc3)cc2)c2ccc(N(C)C)cc2)cc1. The summed E-state index contributed by atoms with van der Waals surface area (Å²) in [6, 6.07) is 40.7. The zero-order valence-corrected chi connectivity index (χ0v) is 28.2. The molecule has 0 aliphatic heterocycles. The van der Waals surface area contributed by atoms with Crippen molar-refractivity contribution in [2.24, 2.45) is 0 Å². The predicted molar refractivity (Wildman–Crippen MR) is 194 cm³/mol. The maximum atomic E-state index is 10.9. The maximum absolute atomic E-state index is 10.9. The second kappa shape index (κ2) is 15.1. The van der Waals surface area contributed by atoms with Crippen LogP contribution in [0.15, 0.2) is 128 Å². The highest BCUT2D eigenvalue weighted by atomic mass is 32.2. The molecule has 0 amide bonds. The summed E-state index contributed by atoms with van der Waals surface area (Å²) in [7, 11) is 4.03. The Bertz CT molecular complexity index is 1880. The van der Waals surface area contributed by atoms with Crippen LogP contribution in [0.25, 0.3) is 23.3 Å². The number of rotatable bonds is 12. The van der Waals surface area contributed by atoms with E-state index in [2.05, 4.69) is 153 Å². The summed E-state index contributed by atoms with van der Waals surface area (Å²) in [6.07, 6.45) is 8.23. The fourth-order valence-corrected chi connectivity index (χ4v) is 5.96. The van der Waals surface area contributed by atoms with E-state index in [0.717, 1.165) is 50.3 Å². The van der Waals surface area contributed by atoms with Gasteiger partial charge in [-0.3, -0.25) is 0 Å². The summed E-state index contributed by atoms with van der Waals surface area (Å²) in [6.45, 7) is 0.478. The molecule has 0 radical (unpaired) electrons. The summed E-state index contributed by atoms with van der Waals surface area (Å²) in [5, 5.41) is 0. The molecule has 47 heavy (non-hydrogen) atoms. The van der Waals surface area contributed by atoms with Crippen molar-refractivity contribution >= 4 is 44.8 Å². The van der Waals surface area contributed by atoms with Crippen LogP contribution in [0, 0.1) is 0 Å². The molecule has 0 N–H and O–H groups in total. The summed E-state index contributed by atoms with van der Waals surface area (Å²) in [4.78, 5) is 4.23. The standard InChI is InChI=1S/C40H41N3O3S/c1-41(2)37-21-17-35(18-22-37)40(36-19-23-38(24-20-36)42(3)4)39(33-9-6-5-7-10-33)34-15-13-31(14-16-34)11-12-32-25-28-43(29-26-32)27-8-30-47(44,45)46/h5-7,9-26,28-29H,8,27,30H2,1-4H3. The van der Waals surface area contributed by atoms with Crippen LogP contribution in [0.1, 0.15) is 39.8 Å². The number of nitrogens with zero attached hydrogens (tertiary/aromatic N) is 3. The van der Waals surface area contributed by atoms with E-state index >= 15 is 0 Å². The average molecular weight is 644 g/mol. The summed E-state index contributed by atoms with van der Waals surface area (Å²) < 4.78 is 34.5. The van der Waals surface area contributed by atoms with E-state index in [4.69, 9.17) is 0 Å². The number of pyridine rings is 1. The van der Waals surface area contributed by atoms with Gasteiger partial charge in [0.15, 0.2) is 12.4 Å². The molecule has 1 heterocycles. The molecule has 5 aromatic rings. The molecule has 4 aromatic carbocycles. The zero-order chi connectivity index (χ0) is 33.4.